The molecule has 0 bridgehead atoms. The van der Waals surface area contributed by atoms with E-state index < -0.39 is 0 Å². The Bertz CT molecular complexity index is 401. The summed E-state index contributed by atoms with van der Waals surface area (Å²) in [6.07, 6.45) is 2.42. The Morgan fingerprint density at radius 1 is 1.25 bits per heavy atom. The molecule has 0 saturated carbocycles. The summed E-state index contributed by atoms with van der Waals surface area (Å²) in [5, 5.41) is 6.15. The van der Waals surface area contributed by atoms with E-state index in [0.717, 1.165) is 19.4 Å². The van der Waals surface area contributed by atoms with Crippen molar-refractivity contribution >= 4 is 5.91 Å². The van der Waals surface area contributed by atoms with Crippen LogP contribution in [0, 0.1) is 0 Å². The first-order valence-electron chi connectivity index (χ1n) is 7.45. The molecule has 0 heterocycles. The van der Waals surface area contributed by atoms with Crippen LogP contribution >= 0.6 is 0 Å². The Labute approximate surface area is 123 Å². The molecule has 3 heteroatoms. The zero-order valence-electron chi connectivity index (χ0n) is 13.2. The average molecular weight is 276 g/mol. The van der Waals surface area contributed by atoms with Gasteiger partial charge in [0.1, 0.15) is 0 Å². The first-order chi connectivity index (χ1) is 9.45. The molecule has 0 saturated heterocycles. The standard InChI is InChI=1S/C17H28N2O/c1-14(19-16(20)11-8-12-18-4)13-17(2,3)15-9-6-5-7-10-15/h5-7,9-10,14,18H,8,11-13H2,1-4H3,(H,19,20). The molecule has 0 radical (unpaired) electrons. The van der Waals surface area contributed by atoms with E-state index in [0.29, 0.717) is 6.42 Å². The third-order valence-electron chi connectivity index (χ3n) is 3.61. The molecule has 1 aromatic carbocycles. The van der Waals surface area contributed by atoms with Crippen LogP contribution < -0.4 is 10.6 Å². The summed E-state index contributed by atoms with van der Waals surface area (Å²) < 4.78 is 0. The van der Waals surface area contributed by atoms with Gasteiger partial charge in [0, 0.05) is 12.5 Å². The fourth-order valence-corrected chi connectivity index (χ4v) is 2.60. The molecule has 112 valence electrons. The molecular formula is C17H28N2O. The van der Waals surface area contributed by atoms with E-state index in [1.165, 1.54) is 5.56 Å². The quantitative estimate of drug-likeness (QED) is 0.717. The molecule has 1 rings (SSSR count). The molecule has 0 aromatic heterocycles. The summed E-state index contributed by atoms with van der Waals surface area (Å²) in [5.74, 6) is 0.150. The third kappa shape index (κ3) is 5.74. The van der Waals surface area contributed by atoms with Gasteiger partial charge < -0.3 is 10.6 Å². The van der Waals surface area contributed by atoms with E-state index in [-0.39, 0.29) is 17.4 Å². The van der Waals surface area contributed by atoms with Crippen LogP contribution in [0.4, 0.5) is 0 Å². The van der Waals surface area contributed by atoms with Crippen molar-refractivity contribution in [3.8, 4) is 0 Å². The highest BCUT2D eigenvalue weighted by atomic mass is 16.1. The molecule has 0 spiro atoms. The summed E-state index contributed by atoms with van der Waals surface area (Å²) in [6, 6.07) is 10.7. The summed E-state index contributed by atoms with van der Waals surface area (Å²) in [7, 11) is 1.91. The zero-order chi connectivity index (χ0) is 15.0. The molecule has 20 heavy (non-hydrogen) atoms. The number of benzene rings is 1. The normalized spacial score (nSPS) is 13.0. The monoisotopic (exact) mass is 276 g/mol. The Balaban J connectivity index is 2.45. The predicted molar refractivity (Wildman–Crippen MR) is 84.9 cm³/mol. The molecule has 0 aliphatic heterocycles. The lowest BCUT2D eigenvalue weighted by Gasteiger charge is -2.29. The molecule has 1 aromatic rings. The second-order valence-electron chi connectivity index (χ2n) is 6.13. The Morgan fingerprint density at radius 2 is 1.90 bits per heavy atom. The van der Waals surface area contributed by atoms with E-state index in [2.05, 4.69) is 55.7 Å². The highest BCUT2D eigenvalue weighted by Crippen LogP contribution is 2.28. The smallest absolute Gasteiger partial charge is 0.220 e. The molecule has 1 atom stereocenters. The molecule has 1 amide bonds. The zero-order valence-corrected chi connectivity index (χ0v) is 13.2. The third-order valence-corrected chi connectivity index (χ3v) is 3.61. The minimum Gasteiger partial charge on any atom is -0.354 e. The summed E-state index contributed by atoms with van der Waals surface area (Å²) in [5.41, 5.74) is 1.38. The topological polar surface area (TPSA) is 41.1 Å². The fourth-order valence-electron chi connectivity index (χ4n) is 2.60. The van der Waals surface area contributed by atoms with Crippen LogP contribution in [-0.2, 0) is 10.2 Å². The summed E-state index contributed by atoms with van der Waals surface area (Å²) in [4.78, 5) is 11.8. The SMILES string of the molecule is CNCCCC(=O)NC(C)CC(C)(C)c1ccccc1. The number of nitrogens with one attached hydrogen (secondary N) is 2. The molecule has 1 unspecified atom stereocenters. The molecule has 2 N–H and O–H groups in total. The van der Waals surface area contributed by atoms with Crippen molar-refractivity contribution in [1.82, 2.24) is 10.6 Å². The molecule has 0 fully saturated rings. The van der Waals surface area contributed by atoms with Gasteiger partial charge in [0.05, 0.1) is 0 Å². The lowest BCUT2D eigenvalue weighted by molar-refractivity contribution is -0.121. The molecule has 3 nitrogen and oxygen atoms in total. The highest BCUT2D eigenvalue weighted by molar-refractivity contribution is 5.76. The second kappa shape index (κ2) is 8.05. The van der Waals surface area contributed by atoms with E-state index in [4.69, 9.17) is 0 Å². The van der Waals surface area contributed by atoms with E-state index in [1.807, 2.05) is 13.1 Å². The Morgan fingerprint density at radius 3 is 2.50 bits per heavy atom. The van der Waals surface area contributed by atoms with Crippen molar-refractivity contribution in [2.24, 2.45) is 0 Å². The van der Waals surface area contributed by atoms with Gasteiger partial charge in [-0.05, 0) is 44.3 Å². The number of carbonyl (C=O) groups is 1. The van der Waals surface area contributed by atoms with Crippen LogP contribution in [0.25, 0.3) is 0 Å². The van der Waals surface area contributed by atoms with Crippen molar-refractivity contribution < 1.29 is 4.79 Å². The first-order valence-corrected chi connectivity index (χ1v) is 7.45. The summed E-state index contributed by atoms with van der Waals surface area (Å²) >= 11 is 0. The van der Waals surface area contributed by atoms with Crippen LogP contribution in [0.1, 0.15) is 45.6 Å². The lowest BCUT2D eigenvalue weighted by atomic mass is 9.79. The number of hydrogen-bond donors (Lipinski definition) is 2. The van der Waals surface area contributed by atoms with E-state index in [9.17, 15) is 4.79 Å². The highest BCUT2D eigenvalue weighted by Gasteiger charge is 2.23. The minimum atomic E-state index is 0.0684. The van der Waals surface area contributed by atoms with Crippen LogP contribution in [0.3, 0.4) is 0 Å². The second-order valence-corrected chi connectivity index (χ2v) is 6.13. The molecule has 0 aliphatic rings. The van der Waals surface area contributed by atoms with Crippen LogP contribution in [0.2, 0.25) is 0 Å². The van der Waals surface area contributed by atoms with Gasteiger partial charge in [0.25, 0.3) is 0 Å². The van der Waals surface area contributed by atoms with Crippen LogP contribution in [0.15, 0.2) is 30.3 Å². The lowest BCUT2D eigenvalue weighted by Crippen LogP contribution is -2.37. The number of carbonyl (C=O) groups excluding carboxylic acids is 1. The predicted octanol–water partition coefficient (Wildman–Crippen LogP) is 2.86. The van der Waals surface area contributed by atoms with E-state index >= 15 is 0 Å². The van der Waals surface area contributed by atoms with Gasteiger partial charge in [-0.15, -0.1) is 0 Å². The van der Waals surface area contributed by atoms with Gasteiger partial charge in [-0.2, -0.15) is 0 Å². The van der Waals surface area contributed by atoms with Crippen LogP contribution in [-0.4, -0.2) is 25.5 Å². The minimum absolute atomic E-state index is 0.0684. The first kappa shape index (κ1) is 16.7. The van der Waals surface area contributed by atoms with Crippen molar-refractivity contribution in [3.63, 3.8) is 0 Å². The largest absolute Gasteiger partial charge is 0.354 e. The fraction of sp³-hybridized carbons (Fsp3) is 0.588. The molecular weight excluding hydrogens is 248 g/mol. The van der Waals surface area contributed by atoms with E-state index in [1.54, 1.807) is 0 Å². The summed E-state index contributed by atoms with van der Waals surface area (Å²) in [6.45, 7) is 7.43. The molecule has 0 aliphatic carbocycles. The Kier molecular flexibility index (Phi) is 6.73. The van der Waals surface area contributed by atoms with Crippen molar-refractivity contribution in [2.45, 2.75) is 51.5 Å². The van der Waals surface area contributed by atoms with Gasteiger partial charge in [-0.1, -0.05) is 44.2 Å². The van der Waals surface area contributed by atoms with Crippen molar-refractivity contribution in [1.29, 1.82) is 0 Å². The van der Waals surface area contributed by atoms with Gasteiger partial charge in [0.15, 0.2) is 0 Å². The van der Waals surface area contributed by atoms with Gasteiger partial charge in [-0.25, -0.2) is 0 Å². The van der Waals surface area contributed by atoms with Crippen LogP contribution in [0.5, 0.6) is 0 Å². The van der Waals surface area contributed by atoms with Gasteiger partial charge in [0.2, 0.25) is 5.91 Å². The Hall–Kier alpha value is -1.35. The van der Waals surface area contributed by atoms with Crippen molar-refractivity contribution in [3.05, 3.63) is 35.9 Å². The number of amides is 1. The maximum atomic E-state index is 11.8. The maximum absolute atomic E-state index is 11.8. The maximum Gasteiger partial charge on any atom is 0.220 e. The number of rotatable bonds is 8. The number of hydrogen-bond acceptors (Lipinski definition) is 2. The average Bonchev–Trinajstić information content (AvgIpc) is 2.39. The van der Waals surface area contributed by atoms with Gasteiger partial charge >= 0.3 is 0 Å². The van der Waals surface area contributed by atoms with Gasteiger partial charge in [-0.3, -0.25) is 4.79 Å². The van der Waals surface area contributed by atoms with Crippen molar-refractivity contribution in [2.75, 3.05) is 13.6 Å².